The van der Waals surface area contributed by atoms with E-state index in [2.05, 4.69) is 22.3 Å². The molecule has 1 amide bonds. The normalized spacial score (nSPS) is 10.7. The van der Waals surface area contributed by atoms with Gasteiger partial charge in [-0.1, -0.05) is 54.2 Å². The molecule has 3 N–H and O–H groups in total. The number of aryl methyl sites for hydroxylation is 1. The molecule has 0 saturated heterocycles. The van der Waals surface area contributed by atoms with Gasteiger partial charge in [-0.2, -0.15) is 0 Å². The van der Waals surface area contributed by atoms with Gasteiger partial charge in [0, 0.05) is 6.54 Å². The van der Waals surface area contributed by atoms with Gasteiger partial charge in [0.25, 0.3) is 0 Å². The van der Waals surface area contributed by atoms with Gasteiger partial charge in [0.05, 0.1) is 11.3 Å². The molecule has 2 aromatic carbocycles. The standard InChI is InChI=1S/C18H18N4O2S/c19-16(24)12-25-18-21-20-17(14-8-4-5-9-15(14)23)22(18)11-10-13-6-2-1-3-7-13/h1-9,23H,10-12H2,(H2,19,24). The maximum atomic E-state index is 11.1. The van der Waals surface area contributed by atoms with Crippen molar-refractivity contribution in [2.24, 2.45) is 5.73 Å². The van der Waals surface area contributed by atoms with Crippen LogP contribution in [0.3, 0.4) is 0 Å². The Bertz CT molecular complexity index is 865. The molecule has 7 heteroatoms. The summed E-state index contributed by atoms with van der Waals surface area (Å²) < 4.78 is 1.91. The molecule has 0 aliphatic carbocycles. The minimum atomic E-state index is -0.410. The van der Waals surface area contributed by atoms with Crippen molar-refractivity contribution in [2.45, 2.75) is 18.1 Å². The van der Waals surface area contributed by atoms with Gasteiger partial charge in [-0.15, -0.1) is 10.2 Å². The molecule has 0 bridgehead atoms. The average molecular weight is 354 g/mol. The smallest absolute Gasteiger partial charge is 0.227 e. The molecule has 1 aromatic heterocycles. The first-order valence-electron chi connectivity index (χ1n) is 7.82. The second kappa shape index (κ2) is 7.85. The molecule has 3 rings (SSSR count). The summed E-state index contributed by atoms with van der Waals surface area (Å²) in [6.45, 7) is 0.627. The van der Waals surface area contributed by atoms with Gasteiger partial charge >= 0.3 is 0 Å². The third-order valence-corrected chi connectivity index (χ3v) is 4.66. The summed E-state index contributed by atoms with van der Waals surface area (Å²) in [4.78, 5) is 11.1. The number of thioether (sulfide) groups is 1. The number of carbonyl (C=O) groups excluding carboxylic acids is 1. The molecule has 1 heterocycles. The highest BCUT2D eigenvalue weighted by atomic mass is 32.2. The molecule has 0 aliphatic heterocycles. The van der Waals surface area contributed by atoms with Crippen LogP contribution in [0.4, 0.5) is 0 Å². The van der Waals surface area contributed by atoms with E-state index in [4.69, 9.17) is 5.73 Å². The molecular weight excluding hydrogens is 336 g/mol. The van der Waals surface area contributed by atoms with Crippen LogP contribution in [0.5, 0.6) is 5.75 Å². The molecule has 128 valence electrons. The van der Waals surface area contributed by atoms with Crippen LogP contribution in [0, 0.1) is 0 Å². The molecule has 0 unspecified atom stereocenters. The molecule has 3 aromatic rings. The summed E-state index contributed by atoms with van der Waals surface area (Å²) >= 11 is 1.24. The molecule has 6 nitrogen and oxygen atoms in total. The minimum Gasteiger partial charge on any atom is -0.507 e. The SMILES string of the molecule is NC(=O)CSc1nnc(-c2ccccc2O)n1CCc1ccccc1. The predicted molar refractivity (Wildman–Crippen MR) is 97.2 cm³/mol. The summed E-state index contributed by atoms with van der Waals surface area (Å²) in [5.41, 5.74) is 7.03. The Balaban J connectivity index is 1.92. The third kappa shape index (κ3) is 4.19. The Morgan fingerprint density at radius 3 is 2.52 bits per heavy atom. The Labute approximate surface area is 149 Å². The Morgan fingerprint density at radius 2 is 1.80 bits per heavy atom. The van der Waals surface area contributed by atoms with Gasteiger partial charge in [-0.3, -0.25) is 4.79 Å². The number of phenolic OH excluding ortho intramolecular Hbond substituents is 1. The Morgan fingerprint density at radius 1 is 1.08 bits per heavy atom. The lowest BCUT2D eigenvalue weighted by Crippen LogP contribution is -2.14. The second-order valence-corrected chi connectivity index (χ2v) is 6.41. The number of aromatic hydroxyl groups is 1. The number of para-hydroxylation sites is 1. The van der Waals surface area contributed by atoms with Crippen molar-refractivity contribution in [1.29, 1.82) is 0 Å². The number of benzene rings is 2. The van der Waals surface area contributed by atoms with Crippen LogP contribution in [-0.4, -0.2) is 31.5 Å². The molecule has 0 aliphatic rings. The van der Waals surface area contributed by atoms with E-state index in [1.54, 1.807) is 18.2 Å². The molecule has 0 fully saturated rings. The highest BCUT2D eigenvalue weighted by Crippen LogP contribution is 2.30. The zero-order valence-corrected chi connectivity index (χ0v) is 14.3. The number of hydrogen-bond acceptors (Lipinski definition) is 5. The number of amides is 1. The quantitative estimate of drug-likeness (QED) is 0.636. The van der Waals surface area contributed by atoms with E-state index in [9.17, 15) is 9.90 Å². The minimum absolute atomic E-state index is 0.129. The zero-order valence-electron chi connectivity index (χ0n) is 13.5. The number of hydrogen-bond donors (Lipinski definition) is 2. The third-order valence-electron chi connectivity index (χ3n) is 3.67. The van der Waals surface area contributed by atoms with Gasteiger partial charge in [-0.25, -0.2) is 0 Å². The van der Waals surface area contributed by atoms with Crippen molar-refractivity contribution >= 4 is 17.7 Å². The lowest BCUT2D eigenvalue weighted by molar-refractivity contribution is -0.115. The summed E-state index contributed by atoms with van der Waals surface area (Å²) in [5.74, 6) is 0.430. The summed E-state index contributed by atoms with van der Waals surface area (Å²) in [7, 11) is 0. The molecular formula is C18H18N4O2S. The zero-order chi connectivity index (χ0) is 17.6. The fraction of sp³-hybridized carbons (Fsp3) is 0.167. The van der Waals surface area contributed by atoms with Gasteiger partial charge in [-0.05, 0) is 24.1 Å². The number of nitrogens with zero attached hydrogens (tertiary/aromatic N) is 3. The van der Waals surface area contributed by atoms with E-state index in [-0.39, 0.29) is 11.5 Å². The van der Waals surface area contributed by atoms with Gasteiger partial charge < -0.3 is 15.4 Å². The Kier molecular flexibility index (Phi) is 5.35. The number of carbonyl (C=O) groups is 1. The maximum Gasteiger partial charge on any atom is 0.227 e. The molecule has 0 atom stereocenters. The average Bonchev–Trinajstić information content (AvgIpc) is 3.02. The first-order chi connectivity index (χ1) is 12.1. The van der Waals surface area contributed by atoms with Crippen molar-refractivity contribution in [3.05, 3.63) is 60.2 Å². The van der Waals surface area contributed by atoms with Crippen LogP contribution in [0.1, 0.15) is 5.56 Å². The van der Waals surface area contributed by atoms with E-state index in [1.165, 1.54) is 17.3 Å². The predicted octanol–water partition coefficient (Wildman–Crippen LogP) is 2.47. The fourth-order valence-corrected chi connectivity index (χ4v) is 3.18. The number of nitrogens with two attached hydrogens (primary N) is 1. The van der Waals surface area contributed by atoms with E-state index in [1.807, 2.05) is 28.8 Å². The summed E-state index contributed by atoms with van der Waals surface area (Å²) in [5, 5.41) is 19.1. The van der Waals surface area contributed by atoms with E-state index >= 15 is 0 Å². The maximum absolute atomic E-state index is 11.1. The number of aromatic nitrogens is 3. The van der Waals surface area contributed by atoms with Crippen LogP contribution < -0.4 is 5.73 Å². The van der Waals surface area contributed by atoms with Gasteiger partial charge in [0.1, 0.15) is 5.75 Å². The van der Waals surface area contributed by atoms with E-state index in [0.29, 0.717) is 23.1 Å². The molecule has 0 spiro atoms. The fourth-order valence-electron chi connectivity index (χ4n) is 2.48. The first-order valence-corrected chi connectivity index (χ1v) is 8.80. The van der Waals surface area contributed by atoms with Gasteiger partial charge in [0.15, 0.2) is 11.0 Å². The molecule has 25 heavy (non-hydrogen) atoms. The highest BCUT2D eigenvalue weighted by molar-refractivity contribution is 7.99. The van der Waals surface area contributed by atoms with Crippen LogP contribution in [0.25, 0.3) is 11.4 Å². The lowest BCUT2D eigenvalue weighted by Gasteiger charge is -2.11. The number of phenols is 1. The van der Waals surface area contributed by atoms with Crippen LogP contribution >= 0.6 is 11.8 Å². The van der Waals surface area contributed by atoms with Crippen molar-refractivity contribution in [3.63, 3.8) is 0 Å². The first kappa shape index (κ1) is 17.0. The second-order valence-electron chi connectivity index (χ2n) is 5.47. The van der Waals surface area contributed by atoms with Gasteiger partial charge in [0.2, 0.25) is 5.91 Å². The van der Waals surface area contributed by atoms with E-state index < -0.39 is 5.91 Å². The number of rotatable bonds is 7. The largest absolute Gasteiger partial charge is 0.507 e. The van der Waals surface area contributed by atoms with Crippen molar-refractivity contribution in [1.82, 2.24) is 14.8 Å². The summed E-state index contributed by atoms with van der Waals surface area (Å²) in [6, 6.07) is 17.1. The van der Waals surface area contributed by atoms with Crippen LogP contribution in [-0.2, 0) is 17.8 Å². The summed E-state index contributed by atoms with van der Waals surface area (Å²) in [6.07, 6.45) is 0.781. The number of primary amides is 1. The van der Waals surface area contributed by atoms with Crippen molar-refractivity contribution < 1.29 is 9.90 Å². The van der Waals surface area contributed by atoms with E-state index in [0.717, 1.165) is 6.42 Å². The molecule has 0 radical (unpaired) electrons. The van der Waals surface area contributed by atoms with Crippen LogP contribution in [0.2, 0.25) is 0 Å². The lowest BCUT2D eigenvalue weighted by atomic mass is 10.1. The van der Waals surface area contributed by atoms with Crippen LogP contribution in [0.15, 0.2) is 59.8 Å². The van der Waals surface area contributed by atoms with Crippen molar-refractivity contribution in [2.75, 3.05) is 5.75 Å². The monoisotopic (exact) mass is 354 g/mol. The topological polar surface area (TPSA) is 94.0 Å². The van der Waals surface area contributed by atoms with Crippen molar-refractivity contribution in [3.8, 4) is 17.1 Å². The molecule has 0 saturated carbocycles. The Hall–Kier alpha value is -2.80. The highest BCUT2D eigenvalue weighted by Gasteiger charge is 2.17.